The second-order valence-corrected chi connectivity index (χ2v) is 9.39. The second-order valence-electron chi connectivity index (χ2n) is 8.62. The van der Waals surface area contributed by atoms with Crippen molar-refractivity contribution in [3.05, 3.63) is 40.2 Å². The first kappa shape index (κ1) is 28.6. The van der Waals surface area contributed by atoms with Crippen LogP contribution in [-0.4, -0.2) is 83.6 Å². The number of β-amino-alcohol motifs (C(OH)–C–C–N with tert-alkyl or cyclic N) is 1. The molecule has 5 N–H and O–H groups in total. The molecule has 3 amide bonds. The number of hydrogen-bond acceptors (Lipinski definition) is 8. The molecule has 1 aliphatic rings. The van der Waals surface area contributed by atoms with Gasteiger partial charge in [0.1, 0.15) is 23.0 Å². The summed E-state index contributed by atoms with van der Waals surface area (Å²) in [5.74, 6) is -4.89. The first-order valence-electron chi connectivity index (χ1n) is 11.9. The summed E-state index contributed by atoms with van der Waals surface area (Å²) in [6, 6.07) is 0.261. The molecule has 1 aliphatic heterocycles. The number of hydrogen-bond donors (Lipinski definition) is 4. The zero-order valence-electron chi connectivity index (χ0n) is 20.5. The summed E-state index contributed by atoms with van der Waals surface area (Å²) in [7, 11) is 0. The smallest absolute Gasteiger partial charge is 0.319 e. The van der Waals surface area contributed by atoms with Gasteiger partial charge in [-0.25, -0.2) is 18.0 Å². The molecular weight excluding hydrogens is 513 g/mol. The number of urea groups is 1. The lowest BCUT2D eigenvalue weighted by Crippen LogP contribution is -2.47. The number of benzene rings is 1. The monoisotopic (exact) mass is 544 g/mol. The molecule has 0 saturated carbocycles. The number of aliphatic hydroxyl groups excluding tert-OH is 1. The minimum atomic E-state index is -1.39. The van der Waals surface area contributed by atoms with E-state index in [2.05, 4.69) is 24.8 Å². The SMILES string of the molecule is Cc1cc(F)c(COc2nsc(NC(=O)NCCCCN3CCN(CCO)CC3)c2C(N)=O)c(F)c1F. The number of ether oxygens (including phenoxy) is 1. The van der Waals surface area contributed by atoms with Crippen LogP contribution in [0.5, 0.6) is 5.88 Å². The number of nitrogens with one attached hydrogen (secondary N) is 2. The summed E-state index contributed by atoms with van der Waals surface area (Å²) in [5, 5.41) is 14.2. The predicted octanol–water partition coefficient (Wildman–Crippen LogP) is 2.06. The standard InChI is InChI=1S/C23H31F3N6O4S/c1-14-12-16(24)15(19(26)18(14)25)13-36-21-17(20(27)34)22(37-30-21)29-23(35)28-4-2-3-5-31-6-8-32(9-7-31)10-11-33/h12,33H,2-11,13H2,1H3,(H2,27,34)(H2,28,29,35). The zero-order chi connectivity index (χ0) is 26.9. The van der Waals surface area contributed by atoms with E-state index in [1.54, 1.807) is 0 Å². The maximum Gasteiger partial charge on any atom is 0.319 e. The Morgan fingerprint density at radius 1 is 1.14 bits per heavy atom. The number of nitrogens with two attached hydrogens (primary N) is 1. The molecule has 2 heterocycles. The number of carbonyl (C=O) groups excluding carboxylic acids is 2. The quantitative estimate of drug-likeness (QED) is 0.238. The number of aliphatic hydroxyl groups is 1. The van der Waals surface area contributed by atoms with Gasteiger partial charge < -0.3 is 25.8 Å². The van der Waals surface area contributed by atoms with Crippen LogP contribution in [0.2, 0.25) is 0 Å². The predicted molar refractivity (Wildman–Crippen MR) is 132 cm³/mol. The number of piperazine rings is 1. The third-order valence-electron chi connectivity index (χ3n) is 5.99. The van der Waals surface area contributed by atoms with Crippen LogP contribution in [0.1, 0.15) is 34.3 Å². The molecule has 0 aliphatic carbocycles. The van der Waals surface area contributed by atoms with E-state index in [4.69, 9.17) is 15.6 Å². The summed E-state index contributed by atoms with van der Waals surface area (Å²) in [6.07, 6.45) is 1.63. The van der Waals surface area contributed by atoms with Gasteiger partial charge in [-0.15, -0.1) is 0 Å². The van der Waals surface area contributed by atoms with Gasteiger partial charge in [-0.3, -0.25) is 15.0 Å². The van der Waals surface area contributed by atoms with Crippen molar-refractivity contribution in [3.63, 3.8) is 0 Å². The van der Waals surface area contributed by atoms with Crippen LogP contribution in [0, 0.1) is 24.4 Å². The molecular formula is C23H31F3N6O4S. The summed E-state index contributed by atoms with van der Waals surface area (Å²) >= 11 is 0.712. The lowest BCUT2D eigenvalue weighted by Gasteiger charge is -2.34. The van der Waals surface area contributed by atoms with Gasteiger partial charge in [0.05, 0.1) is 12.2 Å². The van der Waals surface area contributed by atoms with E-state index in [0.29, 0.717) is 24.6 Å². The molecule has 3 rings (SSSR count). The van der Waals surface area contributed by atoms with Gasteiger partial charge in [0.2, 0.25) is 5.88 Å². The Morgan fingerprint density at radius 2 is 1.81 bits per heavy atom. The van der Waals surface area contributed by atoms with E-state index in [9.17, 15) is 22.8 Å². The van der Waals surface area contributed by atoms with Crippen LogP contribution >= 0.6 is 11.5 Å². The average Bonchev–Trinajstić information content (AvgIpc) is 3.26. The number of unbranched alkanes of at least 4 members (excludes halogenated alkanes) is 1. The Labute approximate surface area is 216 Å². The first-order chi connectivity index (χ1) is 17.7. The molecule has 2 aromatic rings. The highest BCUT2D eigenvalue weighted by atomic mass is 32.1. The molecule has 0 unspecified atom stereocenters. The van der Waals surface area contributed by atoms with Crippen LogP contribution in [0.3, 0.4) is 0 Å². The molecule has 0 bridgehead atoms. The van der Waals surface area contributed by atoms with E-state index >= 15 is 0 Å². The van der Waals surface area contributed by atoms with Crippen molar-refractivity contribution in [2.75, 3.05) is 57.7 Å². The van der Waals surface area contributed by atoms with Gasteiger partial charge in [-0.05, 0) is 49.5 Å². The van der Waals surface area contributed by atoms with E-state index in [0.717, 1.165) is 51.6 Å². The molecule has 0 radical (unpaired) electrons. The van der Waals surface area contributed by atoms with Crippen LogP contribution in [0.15, 0.2) is 6.07 Å². The first-order valence-corrected chi connectivity index (χ1v) is 12.6. The van der Waals surface area contributed by atoms with Crippen molar-refractivity contribution in [1.29, 1.82) is 0 Å². The maximum atomic E-state index is 14.1. The maximum absolute atomic E-state index is 14.1. The highest BCUT2D eigenvalue weighted by Crippen LogP contribution is 2.31. The lowest BCUT2D eigenvalue weighted by atomic mass is 10.1. The molecule has 1 fully saturated rings. The lowest BCUT2D eigenvalue weighted by molar-refractivity contribution is 0.0996. The van der Waals surface area contributed by atoms with Crippen molar-refractivity contribution in [3.8, 4) is 5.88 Å². The Morgan fingerprint density at radius 3 is 2.46 bits per heavy atom. The fraction of sp³-hybridized carbons (Fsp3) is 0.522. The van der Waals surface area contributed by atoms with Crippen LogP contribution in [0.4, 0.5) is 23.0 Å². The number of primary amides is 1. The number of carbonyl (C=O) groups is 2. The summed E-state index contributed by atoms with van der Waals surface area (Å²) in [4.78, 5) is 28.8. The van der Waals surface area contributed by atoms with Gasteiger partial charge in [-0.1, -0.05) is 0 Å². The molecule has 1 aromatic heterocycles. The van der Waals surface area contributed by atoms with Gasteiger partial charge in [-0.2, -0.15) is 4.37 Å². The molecule has 204 valence electrons. The third kappa shape index (κ3) is 7.77. The van der Waals surface area contributed by atoms with E-state index in [1.807, 2.05) is 0 Å². The molecule has 1 saturated heterocycles. The van der Waals surface area contributed by atoms with Crippen LogP contribution in [0.25, 0.3) is 0 Å². The number of nitrogens with zero attached hydrogens (tertiary/aromatic N) is 3. The summed E-state index contributed by atoms with van der Waals surface area (Å²) < 4.78 is 51.1. The molecule has 1 aromatic carbocycles. The van der Waals surface area contributed by atoms with Gasteiger partial charge in [0, 0.05) is 39.3 Å². The minimum Gasteiger partial charge on any atom is -0.471 e. The van der Waals surface area contributed by atoms with Crippen molar-refractivity contribution in [2.45, 2.75) is 26.4 Å². The Hall–Kier alpha value is -2.94. The molecule has 10 nitrogen and oxygen atoms in total. The number of rotatable bonds is 12. The summed E-state index contributed by atoms with van der Waals surface area (Å²) in [5.41, 5.74) is 4.28. The third-order valence-corrected chi connectivity index (χ3v) is 6.74. The molecule has 0 atom stereocenters. The van der Waals surface area contributed by atoms with Crippen molar-refractivity contribution in [1.82, 2.24) is 19.5 Å². The normalized spacial score (nSPS) is 14.5. The Kier molecular flexibility index (Phi) is 10.5. The fourth-order valence-corrected chi connectivity index (χ4v) is 4.62. The molecule has 37 heavy (non-hydrogen) atoms. The molecule has 14 heteroatoms. The number of halogens is 3. The Bertz CT molecular complexity index is 1090. The van der Waals surface area contributed by atoms with Crippen molar-refractivity contribution < 1.29 is 32.6 Å². The van der Waals surface area contributed by atoms with E-state index < -0.39 is 41.6 Å². The fourth-order valence-electron chi connectivity index (χ4n) is 3.89. The van der Waals surface area contributed by atoms with Gasteiger partial charge in [0.25, 0.3) is 5.91 Å². The Balaban J connectivity index is 1.46. The number of aryl methyl sites for hydroxylation is 1. The van der Waals surface area contributed by atoms with Crippen molar-refractivity contribution >= 4 is 28.5 Å². The summed E-state index contributed by atoms with van der Waals surface area (Å²) in [6.45, 7) is 6.40. The van der Waals surface area contributed by atoms with Gasteiger partial charge in [0.15, 0.2) is 11.6 Å². The topological polar surface area (TPSA) is 133 Å². The average molecular weight is 545 g/mol. The molecule has 0 spiro atoms. The van der Waals surface area contributed by atoms with Crippen LogP contribution < -0.4 is 21.1 Å². The van der Waals surface area contributed by atoms with E-state index in [1.165, 1.54) is 6.92 Å². The zero-order valence-corrected chi connectivity index (χ0v) is 21.3. The van der Waals surface area contributed by atoms with Crippen molar-refractivity contribution in [2.24, 2.45) is 5.73 Å². The van der Waals surface area contributed by atoms with Gasteiger partial charge >= 0.3 is 6.03 Å². The van der Waals surface area contributed by atoms with E-state index in [-0.39, 0.29) is 28.6 Å². The number of anilines is 1. The highest BCUT2D eigenvalue weighted by molar-refractivity contribution is 7.11. The number of amides is 3. The second kappa shape index (κ2) is 13.6. The minimum absolute atomic E-state index is 0.0109. The van der Waals surface area contributed by atoms with Crippen LogP contribution in [-0.2, 0) is 6.61 Å². The number of aromatic nitrogens is 1. The largest absolute Gasteiger partial charge is 0.471 e. The highest BCUT2D eigenvalue weighted by Gasteiger charge is 2.24.